The molecule has 0 amide bonds. The third kappa shape index (κ3) is 12.2. The van der Waals surface area contributed by atoms with Gasteiger partial charge in [0.15, 0.2) is 8.32 Å². The molecule has 0 rings (SSSR count). The lowest BCUT2D eigenvalue weighted by Gasteiger charge is -2.30. The minimum Gasteiger partial charge on any atom is -0.502 e. The van der Waals surface area contributed by atoms with Gasteiger partial charge in [-0.05, 0) is 58.2 Å². The number of ether oxygens (including phenoxy) is 3. The van der Waals surface area contributed by atoms with E-state index in [2.05, 4.69) is 0 Å². The lowest BCUT2D eigenvalue weighted by Crippen LogP contribution is -2.37. The van der Waals surface area contributed by atoms with Gasteiger partial charge >= 0.3 is 0 Å². The lowest BCUT2D eigenvalue weighted by molar-refractivity contribution is 0.237. The van der Waals surface area contributed by atoms with Gasteiger partial charge in [0, 0.05) is 7.11 Å². The summed E-state index contributed by atoms with van der Waals surface area (Å²) in [4.78, 5) is 0. The van der Waals surface area contributed by atoms with Crippen LogP contribution >= 0.6 is 0 Å². The predicted octanol–water partition coefficient (Wildman–Crippen LogP) is 5.40. The Morgan fingerprint density at radius 1 is 0.625 bits per heavy atom. The van der Waals surface area contributed by atoms with E-state index in [1.165, 1.54) is 0 Å². The van der Waals surface area contributed by atoms with E-state index in [0.717, 1.165) is 57.2 Å². The van der Waals surface area contributed by atoms with Crippen LogP contribution in [0.25, 0.3) is 0 Å². The molecule has 4 nitrogen and oxygen atoms in total. The third-order valence-corrected chi connectivity index (χ3v) is 8.47. The molecule has 24 heavy (non-hydrogen) atoms. The van der Waals surface area contributed by atoms with Crippen LogP contribution < -0.4 is 0 Å². The maximum atomic E-state index is 6.08. The van der Waals surface area contributed by atoms with E-state index in [1.807, 2.05) is 46.1 Å². The van der Waals surface area contributed by atoms with Gasteiger partial charge in [0.05, 0.1) is 38.6 Å². The normalized spacial score (nSPS) is 14.5. The molecular weight excluding hydrogens is 320 g/mol. The Kier molecular flexibility index (Phi) is 15.8. The molecule has 0 bridgehead atoms. The first-order valence-corrected chi connectivity index (χ1v) is 11.5. The summed E-state index contributed by atoms with van der Waals surface area (Å²) in [6.45, 7) is 8.16. The molecule has 0 aromatic carbocycles. The fourth-order valence-corrected chi connectivity index (χ4v) is 6.34. The molecule has 0 saturated carbocycles. The van der Waals surface area contributed by atoms with Crippen molar-refractivity contribution in [1.29, 1.82) is 0 Å². The van der Waals surface area contributed by atoms with Crippen LogP contribution in [0.5, 0.6) is 0 Å². The van der Waals surface area contributed by atoms with Gasteiger partial charge in [-0.1, -0.05) is 18.2 Å². The molecule has 140 valence electrons. The van der Waals surface area contributed by atoms with Crippen LogP contribution in [0.3, 0.4) is 0 Å². The third-order valence-electron chi connectivity index (χ3n) is 3.81. The first-order valence-electron chi connectivity index (χ1n) is 8.98. The smallest absolute Gasteiger partial charge is 0.192 e. The summed E-state index contributed by atoms with van der Waals surface area (Å²) in [5.74, 6) is 0. The lowest BCUT2D eigenvalue weighted by atomic mass is 10.5. The molecule has 0 radical (unpaired) electrons. The zero-order chi connectivity index (χ0) is 17.9. The van der Waals surface area contributed by atoms with E-state index in [-0.39, 0.29) is 0 Å². The van der Waals surface area contributed by atoms with E-state index in [9.17, 15) is 0 Å². The molecular formula is C19H36O4Si. The van der Waals surface area contributed by atoms with Crippen molar-refractivity contribution in [2.45, 2.75) is 58.2 Å². The number of hydrogen-bond acceptors (Lipinski definition) is 4. The van der Waals surface area contributed by atoms with Gasteiger partial charge < -0.3 is 18.6 Å². The van der Waals surface area contributed by atoms with Crippen molar-refractivity contribution in [3.63, 3.8) is 0 Å². The topological polar surface area (TPSA) is 36.9 Å². The minimum absolute atomic E-state index is 0.757. The Hall–Kier alpha value is -1.20. The fraction of sp³-hybridized carbons (Fsp3) is 0.684. The van der Waals surface area contributed by atoms with E-state index in [4.69, 9.17) is 18.6 Å². The van der Waals surface area contributed by atoms with Crippen molar-refractivity contribution in [3.8, 4) is 0 Å². The number of rotatable bonds is 16. The Morgan fingerprint density at radius 2 is 0.958 bits per heavy atom. The first-order chi connectivity index (χ1) is 11.7. The standard InChI is InChI=1S/C19H36O4Si/c1-5-11-21-14-8-17-24(20-4,18-9-15-22-12-6-2)19-10-16-23-13-7-3/h5-7,11-13H,8-10,14-19H2,1-4H3. The van der Waals surface area contributed by atoms with E-state index in [0.29, 0.717) is 0 Å². The highest BCUT2D eigenvalue weighted by atomic mass is 28.4. The number of hydrogen-bond donors (Lipinski definition) is 0. The Labute approximate surface area is 149 Å². The monoisotopic (exact) mass is 356 g/mol. The van der Waals surface area contributed by atoms with Gasteiger partial charge in [-0.25, -0.2) is 0 Å². The average molecular weight is 357 g/mol. The van der Waals surface area contributed by atoms with Gasteiger partial charge in [0.2, 0.25) is 0 Å². The van der Waals surface area contributed by atoms with Crippen LogP contribution in [0.1, 0.15) is 40.0 Å². The molecule has 0 unspecified atom stereocenters. The summed E-state index contributed by atoms with van der Waals surface area (Å²) < 4.78 is 22.4. The van der Waals surface area contributed by atoms with Crippen LogP contribution in [0, 0.1) is 0 Å². The van der Waals surface area contributed by atoms with Crippen molar-refractivity contribution < 1.29 is 18.6 Å². The molecule has 0 N–H and O–H groups in total. The molecule has 0 fully saturated rings. The molecule has 0 aliphatic rings. The zero-order valence-electron chi connectivity index (χ0n) is 16.0. The highest BCUT2D eigenvalue weighted by Crippen LogP contribution is 2.27. The Morgan fingerprint density at radius 3 is 1.21 bits per heavy atom. The molecule has 5 heteroatoms. The Balaban J connectivity index is 4.37. The van der Waals surface area contributed by atoms with Crippen LogP contribution in [-0.4, -0.2) is 35.2 Å². The molecule has 0 aromatic rings. The van der Waals surface area contributed by atoms with E-state index in [1.54, 1.807) is 18.8 Å². The molecule has 0 atom stereocenters. The van der Waals surface area contributed by atoms with Gasteiger partial charge in [-0.15, -0.1) is 0 Å². The minimum atomic E-state index is -1.76. The summed E-state index contributed by atoms with van der Waals surface area (Å²) in [5, 5.41) is 0. The second kappa shape index (κ2) is 16.6. The van der Waals surface area contributed by atoms with Gasteiger partial charge in [-0.2, -0.15) is 0 Å². The van der Waals surface area contributed by atoms with E-state index < -0.39 is 8.32 Å². The summed E-state index contributed by atoms with van der Waals surface area (Å²) >= 11 is 0. The van der Waals surface area contributed by atoms with Gasteiger partial charge in [-0.3, -0.25) is 0 Å². The van der Waals surface area contributed by atoms with Crippen molar-refractivity contribution in [2.24, 2.45) is 0 Å². The quantitative estimate of drug-likeness (QED) is 0.211. The summed E-state index contributed by atoms with van der Waals surface area (Å²) in [7, 11) is 0.111. The summed E-state index contributed by atoms with van der Waals surface area (Å²) in [5.41, 5.74) is 0. The fourth-order valence-electron chi connectivity index (χ4n) is 2.61. The van der Waals surface area contributed by atoms with Crippen molar-refractivity contribution in [3.05, 3.63) is 37.0 Å². The molecule has 0 saturated heterocycles. The van der Waals surface area contributed by atoms with Crippen LogP contribution in [0.15, 0.2) is 37.0 Å². The molecule has 0 heterocycles. The largest absolute Gasteiger partial charge is 0.502 e. The number of allylic oxidation sites excluding steroid dienone is 3. The van der Waals surface area contributed by atoms with Crippen molar-refractivity contribution in [2.75, 3.05) is 26.9 Å². The second-order valence-corrected chi connectivity index (χ2v) is 9.99. The van der Waals surface area contributed by atoms with E-state index >= 15 is 0 Å². The molecule has 0 spiro atoms. The molecule has 0 aliphatic carbocycles. The Bertz CT molecular complexity index is 303. The van der Waals surface area contributed by atoms with Crippen LogP contribution in [0.2, 0.25) is 18.1 Å². The molecule has 0 aliphatic heterocycles. The first kappa shape index (κ1) is 22.8. The highest BCUT2D eigenvalue weighted by Gasteiger charge is 2.32. The van der Waals surface area contributed by atoms with Gasteiger partial charge in [0.25, 0.3) is 0 Å². The van der Waals surface area contributed by atoms with Crippen LogP contribution in [-0.2, 0) is 18.6 Å². The van der Waals surface area contributed by atoms with Crippen molar-refractivity contribution in [1.82, 2.24) is 0 Å². The maximum absolute atomic E-state index is 6.08. The molecule has 0 aromatic heterocycles. The SMILES string of the molecule is CC=COCCC[Si](CCCOC=CC)(CCCOC=CC)OC. The summed E-state index contributed by atoms with van der Waals surface area (Å²) in [6, 6.07) is 3.36. The average Bonchev–Trinajstić information content (AvgIpc) is 2.60. The summed E-state index contributed by atoms with van der Waals surface area (Å²) in [6.07, 6.45) is 14.1. The maximum Gasteiger partial charge on any atom is 0.192 e. The zero-order valence-corrected chi connectivity index (χ0v) is 17.0. The van der Waals surface area contributed by atoms with Gasteiger partial charge in [0.1, 0.15) is 0 Å². The van der Waals surface area contributed by atoms with Crippen LogP contribution in [0.4, 0.5) is 0 Å². The highest BCUT2D eigenvalue weighted by molar-refractivity contribution is 6.73. The predicted molar refractivity (Wildman–Crippen MR) is 103 cm³/mol. The second-order valence-electron chi connectivity index (χ2n) is 5.72. The van der Waals surface area contributed by atoms with Crippen molar-refractivity contribution >= 4 is 8.32 Å².